The highest BCUT2D eigenvalue weighted by Gasteiger charge is 2.67. The van der Waals surface area contributed by atoms with E-state index in [1.807, 2.05) is 0 Å². The van der Waals surface area contributed by atoms with Crippen molar-refractivity contribution in [2.45, 2.75) is 73.4 Å². The molecule has 0 amide bonds. The first-order valence-corrected chi connectivity index (χ1v) is 9.69. The van der Waals surface area contributed by atoms with Gasteiger partial charge in [0.2, 0.25) is 11.6 Å². The number of hydrogen-bond donors (Lipinski definition) is 10. The molecule has 2 aliphatic heterocycles. The molecule has 15 heteroatoms. The SMILES string of the molecule is CC(=O)OC(C(O)CO)[C@@]1(OC2(CO)O[C@H](CO)[C@@H](O)[C@@H]2O)O[C@H](CO)[C@@H](O)[C@H](O)[C@H]1O. The van der Waals surface area contributed by atoms with E-state index in [-0.39, 0.29) is 0 Å². The molecule has 2 heterocycles. The average Bonchev–Trinajstić information content (AvgIpc) is 3.02. The second-order valence-corrected chi connectivity index (χ2v) is 7.61. The molecule has 0 bridgehead atoms. The summed E-state index contributed by atoms with van der Waals surface area (Å²) < 4.78 is 21.1. The van der Waals surface area contributed by atoms with Crippen LogP contribution in [0.2, 0.25) is 0 Å². The predicted molar refractivity (Wildman–Crippen MR) is 96.2 cm³/mol. The van der Waals surface area contributed by atoms with Crippen LogP contribution in [0.25, 0.3) is 0 Å². The van der Waals surface area contributed by atoms with Crippen LogP contribution in [0, 0.1) is 0 Å². The molecule has 0 aromatic rings. The molecular formula is C17H30O15. The second kappa shape index (κ2) is 10.5. The zero-order chi connectivity index (χ0) is 24.4. The number of carbonyl (C=O) groups is 1. The van der Waals surface area contributed by atoms with Gasteiger partial charge in [0.05, 0.1) is 19.8 Å². The van der Waals surface area contributed by atoms with Crippen LogP contribution >= 0.6 is 0 Å². The Kier molecular flexibility index (Phi) is 8.90. The largest absolute Gasteiger partial charge is 0.454 e. The molecule has 0 saturated carbocycles. The van der Waals surface area contributed by atoms with Gasteiger partial charge in [-0.1, -0.05) is 0 Å². The van der Waals surface area contributed by atoms with E-state index in [9.17, 15) is 55.9 Å². The van der Waals surface area contributed by atoms with Crippen LogP contribution in [-0.2, 0) is 23.7 Å². The molecule has 10 N–H and O–H groups in total. The number of ether oxygens (including phenoxy) is 4. The molecule has 15 nitrogen and oxygen atoms in total. The summed E-state index contributed by atoms with van der Waals surface area (Å²) in [7, 11) is 0. The highest BCUT2D eigenvalue weighted by molar-refractivity contribution is 5.66. The minimum atomic E-state index is -2.99. The predicted octanol–water partition coefficient (Wildman–Crippen LogP) is -6.74. The van der Waals surface area contributed by atoms with E-state index < -0.39 is 98.9 Å². The van der Waals surface area contributed by atoms with Crippen molar-refractivity contribution in [2.75, 3.05) is 26.4 Å². The maximum atomic E-state index is 11.7. The van der Waals surface area contributed by atoms with Gasteiger partial charge < -0.3 is 70.0 Å². The zero-order valence-corrected chi connectivity index (χ0v) is 17.0. The average molecular weight is 474 g/mol. The standard InChI is InChI=1S/C17H30O15/c1-6(22)29-15(7(23)2-18)17(14(28)12(26)10(24)8(3-19)31-17)32-16(5-21)13(27)11(25)9(4-20)30-16/h7-15,18-21,23-28H,2-5H2,1H3/t7?,8-,9-,10-,11-,12+,13+,14-,15?,16?,17-/m1/s1. The lowest BCUT2D eigenvalue weighted by Crippen LogP contribution is -2.75. The van der Waals surface area contributed by atoms with Crippen molar-refractivity contribution in [2.24, 2.45) is 0 Å². The van der Waals surface area contributed by atoms with E-state index in [4.69, 9.17) is 18.9 Å². The Hall–Kier alpha value is -1.05. The van der Waals surface area contributed by atoms with Crippen molar-refractivity contribution in [1.29, 1.82) is 0 Å². The van der Waals surface area contributed by atoms with Gasteiger partial charge in [-0.25, -0.2) is 0 Å². The summed E-state index contributed by atoms with van der Waals surface area (Å²) in [6, 6.07) is 0. The normalized spacial score (nSPS) is 44.3. The molecule has 0 spiro atoms. The van der Waals surface area contributed by atoms with Crippen molar-refractivity contribution in [1.82, 2.24) is 0 Å². The van der Waals surface area contributed by atoms with Crippen LogP contribution in [0.3, 0.4) is 0 Å². The van der Waals surface area contributed by atoms with Gasteiger partial charge >= 0.3 is 5.97 Å². The highest BCUT2D eigenvalue weighted by Crippen LogP contribution is 2.43. The Morgan fingerprint density at radius 2 is 1.47 bits per heavy atom. The smallest absolute Gasteiger partial charge is 0.303 e. The third-order valence-electron chi connectivity index (χ3n) is 5.45. The van der Waals surface area contributed by atoms with Gasteiger partial charge in [0.25, 0.3) is 0 Å². The molecular weight excluding hydrogens is 444 g/mol. The van der Waals surface area contributed by atoms with E-state index in [0.29, 0.717) is 0 Å². The molecule has 2 aliphatic rings. The maximum Gasteiger partial charge on any atom is 0.303 e. The topological polar surface area (TPSA) is 256 Å². The Labute approximate surface area is 181 Å². The lowest BCUT2D eigenvalue weighted by Gasteiger charge is -2.53. The molecule has 3 unspecified atom stereocenters. The lowest BCUT2D eigenvalue weighted by molar-refractivity contribution is -0.456. The Morgan fingerprint density at radius 1 is 0.906 bits per heavy atom. The van der Waals surface area contributed by atoms with Crippen molar-refractivity contribution < 1.29 is 74.8 Å². The maximum absolute atomic E-state index is 11.7. The van der Waals surface area contributed by atoms with Gasteiger partial charge in [0.1, 0.15) is 55.4 Å². The molecule has 0 aliphatic carbocycles. The first kappa shape index (κ1) is 27.2. The van der Waals surface area contributed by atoms with Crippen molar-refractivity contribution in [3.05, 3.63) is 0 Å². The molecule has 188 valence electrons. The van der Waals surface area contributed by atoms with E-state index in [2.05, 4.69) is 0 Å². The van der Waals surface area contributed by atoms with Gasteiger partial charge in [0.15, 0.2) is 6.10 Å². The third-order valence-corrected chi connectivity index (χ3v) is 5.45. The van der Waals surface area contributed by atoms with Gasteiger partial charge in [-0.2, -0.15) is 0 Å². The summed E-state index contributed by atoms with van der Waals surface area (Å²) in [5, 5.41) is 100. The minimum absolute atomic E-state index is 0.854. The molecule has 0 aromatic heterocycles. The third kappa shape index (κ3) is 4.62. The number of esters is 1. The summed E-state index contributed by atoms with van der Waals surface area (Å²) in [6.07, 6.45) is -17.9. The fraction of sp³-hybridized carbons (Fsp3) is 0.941. The van der Waals surface area contributed by atoms with Crippen LogP contribution < -0.4 is 0 Å². The molecule has 0 radical (unpaired) electrons. The lowest BCUT2D eigenvalue weighted by atomic mass is 9.86. The highest BCUT2D eigenvalue weighted by atomic mass is 16.8. The Balaban J connectivity index is 2.66. The second-order valence-electron chi connectivity index (χ2n) is 7.61. The number of aliphatic hydroxyl groups excluding tert-OH is 10. The van der Waals surface area contributed by atoms with E-state index in [1.165, 1.54) is 0 Å². The Bertz CT molecular complexity index is 633. The molecule has 32 heavy (non-hydrogen) atoms. The van der Waals surface area contributed by atoms with Gasteiger partial charge in [0, 0.05) is 6.92 Å². The first-order valence-electron chi connectivity index (χ1n) is 9.69. The molecule has 2 rings (SSSR count). The van der Waals surface area contributed by atoms with Gasteiger partial charge in [-0.05, 0) is 0 Å². The Morgan fingerprint density at radius 3 is 1.91 bits per heavy atom. The molecule has 2 fully saturated rings. The number of hydrogen-bond acceptors (Lipinski definition) is 15. The molecule has 11 atom stereocenters. The van der Waals surface area contributed by atoms with Gasteiger partial charge in [-0.15, -0.1) is 0 Å². The fourth-order valence-corrected chi connectivity index (χ4v) is 3.77. The van der Waals surface area contributed by atoms with E-state index in [0.717, 1.165) is 6.92 Å². The van der Waals surface area contributed by atoms with Crippen molar-refractivity contribution in [3.8, 4) is 0 Å². The van der Waals surface area contributed by atoms with Crippen molar-refractivity contribution >= 4 is 5.97 Å². The van der Waals surface area contributed by atoms with Crippen LogP contribution in [-0.4, -0.2) is 150 Å². The quantitative estimate of drug-likeness (QED) is 0.139. The van der Waals surface area contributed by atoms with E-state index >= 15 is 0 Å². The molecule has 0 aromatic carbocycles. The summed E-state index contributed by atoms with van der Waals surface area (Å²) in [4.78, 5) is 11.7. The van der Waals surface area contributed by atoms with Crippen LogP contribution in [0.15, 0.2) is 0 Å². The van der Waals surface area contributed by atoms with E-state index in [1.54, 1.807) is 0 Å². The monoisotopic (exact) mass is 474 g/mol. The summed E-state index contributed by atoms with van der Waals surface area (Å²) >= 11 is 0. The number of carbonyl (C=O) groups excluding carboxylic acids is 1. The van der Waals surface area contributed by atoms with Gasteiger partial charge in [-0.3, -0.25) is 4.79 Å². The van der Waals surface area contributed by atoms with Crippen LogP contribution in [0.1, 0.15) is 6.92 Å². The fourth-order valence-electron chi connectivity index (χ4n) is 3.77. The minimum Gasteiger partial charge on any atom is -0.454 e. The van der Waals surface area contributed by atoms with Crippen LogP contribution in [0.4, 0.5) is 0 Å². The summed E-state index contributed by atoms with van der Waals surface area (Å²) in [6.45, 7) is -3.34. The van der Waals surface area contributed by atoms with Crippen molar-refractivity contribution in [3.63, 3.8) is 0 Å². The number of aliphatic hydroxyl groups is 10. The first-order chi connectivity index (χ1) is 14.9. The summed E-state index contributed by atoms with van der Waals surface area (Å²) in [5.41, 5.74) is 0. The summed E-state index contributed by atoms with van der Waals surface area (Å²) in [5.74, 6) is -6.78. The zero-order valence-electron chi connectivity index (χ0n) is 17.0. The number of rotatable bonds is 9. The molecule has 2 saturated heterocycles. The van der Waals surface area contributed by atoms with Crippen LogP contribution in [0.5, 0.6) is 0 Å².